The Morgan fingerprint density at radius 1 is 1.16 bits per heavy atom. The van der Waals surface area contributed by atoms with Crippen LogP contribution >= 0.6 is 0 Å². The number of H-pyrrole nitrogens is 1. The van der Waals surface area contributed by atoms with Crippen LogP contribution in [0.3, 0.4) is 0 Å². The molecule has 3 rings (SSSR count). The van der Waals surface area contributed by atoms with E-state index in [0.717, 1.165) is 22.2 Å². The Labute approximate surface area is 111 Å². The lowest BCUT2D eigenvalue weighted by molar-refractivity contribution is -0.139. The summed E-state index contributed by atoms with van der Waals surface area (Å²) in [5.41, 5.74) is 4.34. The summed E-state index contributed by atoms with van der Waals surface area (Å²) in [4.78, 5) is 14.8. The van der Waals surface area contributed by atoms with Crippen molar-refractivity contribution < 1.29 is 9.53 Å². The molecule has 3 nitrogen and oxygen atoms in total. The molecule has 0 fully saturated rings. The minimum atomic E-state index is -0.210. The number of carbonyl (C=O) groups excluding carboxylic acids is 1. The molecule has 0 aliphatic rings. The highest BCUT2D eigenvalue weighted by Crippen LogP contribution is 2.29. The Kier molecular flexibility index (Phi) is 2.75. The van der Waals surface area contributed by atoms with E-state index in [1.54, 1.807) is 0 Å². The van der Waals surface area contributed by atoms with Gasteiger partial charge in [0.15, 0.2) is 0 Å². The highest BCUT2D eigenvalue weighted by Gasteiger charge is 2.11. The molecular formula is C16H15NO2. The highest BCUT2D eigenvalue weighted by molar-refractivity contribution is 6.08. The smallest absolute Gasteiger partial charge is 0.309 e. The second kappa shape index (κ2) is 4.43. The van der Waals surface area contributed by atoms with Crippen LogP contribution in [0, 0.1) is 6.92 Å². The van der Waals surface area contributed by atoms with E-state index >= 15 is 0 Å². The number of aromatic nitrogens is 1. The second-order valence-electron chi connectivity index (χ2n) is 4.70. The first kappa shape index (κ1) is 11.8. The molecular weight excluding hydrogens is 238 g/mol. The van der Waals surface area contributed by atoms with E-state index in [4.69, 9.17) is 4.74 Å². The lowest BCUT2D eigenvalue weighted by atomic mass is 10.0. The van der Waals surface area contributed by atoms with E-state index < -0.39 is 0 Å². The van der Waals surface area contributed by atoms with Gasteiger partial charge in [-0.3, -0.25) is 4.79 Å². The zero-order valence-electron chi connectivity index (χ0n) is 11.0. The van der Waals surface area contributed by atoms with Crippen LogP contribution in [0.1, 0.15) is 11.1 Å². The molecule has 0 aliphatic heterocycles. The molecule has 0 saturated carbocycles. The van der Waals surface area contributed by atoms with Crippen LogP contribution in [0.2, 0.25) is 0 Å². The van der Waals surface area contributed by atoms with Crippen molar-refractivity contribution >= 4 is 27.8 Å². The molecule has 0 spiro atoms. The maximum absolute atomic E-state index is 11.4. The first-order valence-electron chi connectivity index (χ1n) is 6.26. The third kappa shape index (κ3) is 1.87. The first-order valence-corrected chi connectivity index (χ1v) is 6.26. The van der Waals surface area contributed by atoms with Gasteiger partial charge < -0.3 is 9.72 Å². The fourth-order valence-corrected chi connectivity index (χ4v) is 2.52. The molecule has 0 atom stereocenters. The lowest BCUT2D eigenvalue weighted by Gasteiger charge is -2.05. The zero-order valence-corrected chi connectivity index (χ0v) is 11.0. The number of esters is 1. The number of ether oxygens (including phenoxy) is 1. The third-order valence-electron chi connectivity index (χ3n) is 3.62. The minimum Gasteiger partial charge on any atom is -0.469 e. The predicted molar refractivity (Wildman–Crippen MR) is 76.3 cm³/mol. The van der Waals surface area contributed by atoms with Crippen LogP contribution in [0.15, 0.2) is 36.4 Å². The molecule has 96 valence electrons. The number of nitrogens with one attached hydrogen (secondary N) is 1. The summed E-state index contributed by atoms with van der Waals surface area (Å²) < 4.78 is 4.73. The van der Waals surface area contributed by atoms with Gasteiger partial charge in [0.25, 0.3) is 0 Å². The maximum atomic E-state index is 11.4. The largest absolute Gasteiger partial charge is 0.469 e. The van der Waals surface area contributed by atoms with Gasteiger partial charge in [-0.05, 0) is 24.1 Å². The van der Waals surface area contributed by atoms with Crippen LogP contribution in [-0.2, 0) is 16.0 Å². The Morgan fingerprint density at radius 2 is 1.95 bits per heavy atom. The van der Waals surface area contributed by atoms with E-state index in [0.29, 0.717) is 6.42 Å². The monoisotopic (exact) mass is 253 g/mol. The summed E-state index contributed by atoms with van der Waals surface area (Å²) in [6, 6.07) is 12.3. The molecule has 0 saturated heterocycles. The number of rotatable bonds is 2. The number of hydrogen-bond acceptors (Lipinski definition) is 2. The van der Waals surface area contributed by atoms with Crippen molar-refractivity contribution in [2.24, 2.45) is 0 Å². The number of para-hydroxylation sites is 1. The van der Waals surface area contributed by atoms with Gasteiger partial charge in [0.2, 0.25) is 0 Å². The summed E-state index contributed by atoms with van der Waals surface area (Å²) in [5.74, 6) is -0.210. The summed E-state index contributed by atoms with van der Waals surface area (Å²) in [6.45, 7) is 2.04. The van der Waals surface area contributed by atoms with Gasteiger partial charge in [-0.15, -0.1) is 0 Å². The Balaban J connectivity index is 2.21. The van der Waals surface area contributed by atoms with Crippen molar-refractivity contribution in [3.8, 4) is 0 Å². The molecule has 0 bridgehead atoms. The van der Waals surface area contributed by atoms with Crippen molar-refractivity contribution in [1.29, 1.82) is 0 Å². The first-order chi connectivity index (χ1) is 9.20. The van der Waals surface area contributed by atoms with E-state index in [1.807, 2.05) is 25.1 Å². The molecule has 1 heterocycles. The maximum Gasteiger partial charge on any atom is 0.309 e. The summed E-state index contributed by atoms with van der Waals surface area (Å²) in [6.07, 6.45) is 0.313. The fraction of sp³-hybridized carbons (Fsp3) is 0.188. The van der Waals surface area contributed by atoms with Crippen LogP contribution in [0.4, 0.5) is 0 Å². The SMILES string of the molecule is COC(=O)Cc1ccc2c([nH]c3ccccc32)c1C. The van der Waals surface area contributed by atoms with E-state index in [-0.39, 0.29) is 5.97 Å². The standard InChI is InChI=1S/C16H15NO2/c1-10-11(9-15(18)19-2)7-8-13-12-5-3-4-6-14(12)17-16(10)13/h3-8,17H,9H2,1-2H3. The van der Waals surface area contributed by atoms with Crippen molar-refractivity contribution in [1.82, 2.24) is 4.98 Å². The van der Waals surface area contributed by atoms with E-state index in [2.05, 4.69) is 23.2 Å². The van der Waals surface area contributed by atoms with Crippen LogP contribution in [0.25, 0.3) is 21.8 Å². The van der Waals surface area contributed by atoms with Crippen molar-refractivity contribution in [2.45, 2.75) is 13.3 Å². The van der Waals surface area contributed by atoms with Crippen LogP contribution in [0.5, 0.6) is 0 Å². The minimum absolute atomic E-state index is 0.210. The Morgan fingerprint density at radius 3 is 2.74 bits per heavy atom. The fourth-order valence-electron chi connectivity index (χ4n) is 2.52. The number of carbonyl (C=O) groups is 1. The molecule has 1 aromatic heterocycles. The number of fused-ring (bicyclic) bond motifs is 3. The molecule has 0 aliphatic carbocycles. The highest BCUT2D eigenvalue weighted by atomic mass is 16.5. The quantitative estimate of drug-likeness (QED) is 0.712. The van der Waals surface area contributed by atoms with Gasteiger partial charge in [-0.1, -0.05) is 30.3 Å². The molecule has 0 amide bonds. The predicted octanol–water partition coefficient (Wildman–Crippen LogP) is 3.35. The van der Waals surface area contributed by atoms with Gasteiger partial charge >= 0.3 is 5.97 Å². The molecule has 2 aromatic carbocycles. The average Bonchev–Trinajstić information content (AvgIpc) is 2.81. The van der Waals surface area contributed by atoms with Crippen LogP contribution < -0.4 is 0 Å². The molecule has 1 N–H and O–H groups in total. The Bertz CT molecular complexity index is 771. The average molecular weight is 253 g/mol. The van der Waals surface area contributed by atoms with Crippen LogP contribution in [-0.4, -0.2) is 18.1 Å². The van der Waals surface area contributed by atoms with Crippen molar-refractivity contribution in [3.63, 3.8) is 0 Å². The van der Waals surface area contributed by atoms with Crippen molar-refractivity contribution in [3.05, 3.63) is 47.5 Å². The number of hydrogen-bond donors (Lipinski definition) is 1. The summed E-state index contributed by atoms with van der Waals surface area (Å²) in [5, 5.41) is 2.41. The van der Waals surface area contributed by atoms with Gasteiger partial charge in [-0.2, -0.15) is 0 Å². The van der Waals surface area contributed by atoms with Gasteiger partial charge in [0.05, 0.1) is 13.5 Å². The van der Waals surface area contributed by atoms with Gasteiger partial charge in [0, 0.05) is 21.8 Å². The van der Waals surface area contributed by atoms with Gasteiger partial charge in [-0.25, -0.2) is 0 Å². The zero-order chi connectivity index (χ0) is 13.4. The summed E-state index contributed by atoms with van der Waals surface area (Å²) in [7, 11) is 1.42. The normalized spacial score (nSPS) is 11.1. The molecule has 3 aromatic rings. The second-order valence-corrected chi connectivity index (χ2v) is 4.70. The topological polar surface area (TPSA) is 42.1 Å². The van der Waals surface area contributed by atoms with E-state index in [9.17, 15) is 4.79 Å². The summed E-state index contributed by atoms with van der Waals surface area (Å²) >= 11 is 0. The number of methoxy groups -OCH3 is 1. The number of benzene rings is 2. The van der Waals surface area contributed by atoms with Crippen molar-refractivity contribution in [2.75, 3.05) is 7.11 Å². The van der Waals surface area contributed by atoms with Gasteiger partial charge in [0.1, 0.15) is 0 Å². The Hall–Kier alpha value is -2.29. The molecule has 3 heteroatoms. The third-order valence-corrected chi connectivity index (χ3v) is 3.62. The molecule has 19 heavy (non-hydrogen) atoms. The lowest BCUT2D eigenvalue weighted by Crippen LogP contribution is -2.05. The number of aryl methyl sites for hydroxylation is 1. The number of aromatic amines is 1. The van der Waals surface area contributed by atoms with E-state index in [1.165, 1.54) is 17.9 Å². The molecule has 0 radical (unpaired) electrons. The molecule has 0 unspecified atom stereocenters.